The number of benzene rings is 1. The predicted molar refractivity (Wildman–Crippen MR) is 117 cm³/mol. The highest BCUT2D eigenvalue weighted by Crippen LogP contribution is 2.23. The van der Waals surface area contributed by atoms with E-state index in [2.05, 4.69) is 24.1 Å². The first-order valence-corrected chi connectivity index (χ1v) is 12.3. The van der Waals surface area contributed by atoms with Crippen molar-refractivity contribution in [3.63, 3.8) is 0 Å². The predicted octanol–water partition coefficient (Wildman–Crippen LogP) is 2.71. The third-order valence-corrected chi connectivity index (χ3v) is 7.64. The van der Waals surface area contributed by atoms with Crippen molar-refractivity contribution in [3.05, 3.63) is 54.2 Å². The topological polar surface area (TPSA) is 88.6 Å². The maximum absolute atomic E-state index is 12.6. The van der Waals surface area contributed by atoms with Crippen LogP contribution >= 0.6 is 11.8 Å². The minimum Gasteiger partial charge on any atom is -0.379 e. The zero-order chi connectivity index (χ0) is 21.6. The summed E-state index contributed by atoms with van der Waals surface area (Å²) in [6.45, 7) is 5.63. The van der Waals surface area contributed by atoms with E-state index in [0.717, 1.165) is 5.56 Å². The first-order chi connectivity index (χ1) is 14.4. The van der Waals surface area contributed by atoms with Crippen molar-refractivity contribution < 1.29 is 17.9 Å². The lowest BCUT2D eigenvalue weighted by atomic mass is 9.96. The lowest BCUT2D eigenvalue weighted by Crippen LogP contribution is -2.40. The summed E-state index contributed by atoms with van der Waals surface area (Å²) >= 11 is 1.28. The number of hydrogen-bond acceptors (Lipinski definition) is 6. The van der Waals surface area contributed by atoms with Gasteiger partial charge < -0.3 is 10.1 Å². The van der Waals surface area contributed by atoms with Crippen LogP contribution < -0.4 is 5.32 Å². The van der Waals surface area contributed by atoms with Crippen LogP contribution in [0.5, 0.6) is 0 Å². The van der Waals surface area contributed by atoms with Crippen molar-refractivity contribution in [1.82, 2.24) is 14.6 Å². The van der Waals surface area contributed by atoms with Gasteiger partial charge in [0.1, 0.15) is 4.90 Å². The average molecular weight is 450 g/mol. The number of pyridine rings is 1. The average Bonchev–Trinajstić information content (AvgIpc) is 2.77. The molecule has 1 atom stereocenters. The number of thioether (sulfide) groups is 1. The van der Waals surface area contributed by atoms with Gasteiger partial charge in [-0.2, -0.15) is 4.31 Å². The van der Waals surface area contributed by atoms with Crippen LogP contribution in [-0.2, 0) is 19.6 Å². The number of rotatable bonds is 8. The summed E-state index contributed by atoms with van der Waals surface area (Å²) in [5.41, 5.74) is 1.07. The fourth-order valence-corrected chi connectivity index (χ4v) is 5.20. The Morgan fingerprint density at radius 2 is 1.87 bits per heavy atom. The fourth-order valence-electron chi connectivity index (χ4n) is 3.19. The van der Waals surface area contributed by atoms with Crippen molar-refractivity contribution in [2.75, 3.05) is 32.1 Å². The largest absolute Gasteiger partial charge is 0.379 e. The summed E-state index contributed by atoms with van der Waals surface area (Å²) in [6.07, 6.45) is 1.35. The number of hydrogen-bond donors (Lipinski definition) is 1. The maximum atomic E-state index is 12.6. The maximum Gasteiger partial charge on any atom is 0.244 e. The molecule has 7 nitrogen and oxygen atoms in total. The van der Waals surface area contributed by atoms with Crippen molar-refractivity contribution >= 4 is 27.7 Å². The van der Waals surface area contributed by atoms with Crippen LogP contribution in [-0.4, -0.2) is 55.7 Å². The van der Waals surface area contributed by atoms with E-state index in [4.69, 9.17) is 4.74 Å². The molecule has 1 aliphatic rings. The van der Waals surface area contributed by atoms with Gasteiger partial charge in [0.25, 0.3) is 0 Å². The van der Waals surface area contributed by atoms with E-state index in [1.165, 1.54) is 22.3 Å². The smallest absolute Gasteiger partial charge is 0.244 e. The van der Waals surface area contributed by atoms with Gasteiger partial charge in [-0.25, -0.2) is 13.4 Å². The van der Waals surface area contributed by atoms with Crippen LogP contribution in [0.15, 0.2) is 58.6 Å². The lowest BCUT2D eigenvalue weighted by molar-refractivity contribution is -0.119. The highest BCUT2D eigenvalue weighted by Gasteiger charge is 2.26. The number of carbonyl (C=O) groups is 1. The summed E-state index contributed by atoms with van der Waals surface area (Å²) in [5.74, 6) is 0.372. The molecule has 2 aromatic rings. The zero-order valence-electron chi connectivity index (χ0n) is 17.2. The van der Waals surface area contributed by atoms with Gasteiger partial charge in [-0.15, -0.1) is 0 Å². The van der Waals surface area contributed by atoms with Gasteiger partial charge >= 0.3 is 0 Å². The molecule has 1 fully saturated rings. The van der Waals surface area contributed by atoms with Crippen LogP contribution in [0.2, 0.25) is 0 Å². The van der Waals surface area contributed by atoms with Crippen LogP contribution in [0.4, 0.5) is 0 Å². The summed E-state index contributed by atoms with van der Waals surface area (Å²) in [4.78, 5) is 16.8. The molecule has 9 heteroatoms. The van der Waals surface area contributed by atoms with Crippen molar-refractivity contribution in [2.45, 2.75) is 29.8 Å². The van der Waals surface area contributed by atoms with Gasteiger partial charge in [0.15, 0.2) is 0 Å². The van der Waals surface area contributed by atoms with E-state index in [1.54, 1.807) is 12.1 Å². The fraction of sp³-hybridized carbons (Fsp3) is 0.429. The number of ether oxygens (including phenoxy) is 1. The number of morpholine rings is 1. The van der Waals surface area contributed by atoms with Crippen molar-refractivity contribution in [3.8, 4) is 0 Å². The molecule has 0 radical (unpaired) electrons. The van der Waals surface area contributed by atoms with Gasteiger partial charge in [-0.1, -0.05) is 55.9 Å². The molecule has 162 valence electrons. The molecule has 30 heavy (non-hydrogen) atoms. The molecule has 0 aliphatic carbocycles. The molecule has 1 unspecified atom stereocenters. The van der Waals surface area contributed by atoms with Crippen LogP contribution in [0.25, 0.3) is 0 Å². The minimum atomic E-state index is -3.56. The molecule has 1 aromatic heterocycles. The second kappa shape index (κ2) is 10.4. The zero-order valence-corrected chi connectivity index (χ0v) is 18.8. The SMILES string of the molecule is CC(C)C(NC(=O)CSc1ccc(S(=O)(=O)N2CCOCC2)cn1)c1ccccc1. The molecule has 1 aliphatic heterocycles. The highest BCUT2D eigenvalue weighted by molar-refractivity contribution is 7.99. The molecule has 2 heterocycles. The molecular weight excluding hydrogens is 422 g/mol. The molecule has 1 amide bonds. The van der Waals surface area contributed by atoms with Crippen LogP contribution in [0, 0.1) is 5.92 Å². The number of aromatic nitrogens is 1. The quantitative estimate of drug-likeness (QED) is 0.624. The Labute approximate surface area is 182 Å². The summed E-state index contributed by atoms with van der Waals surface area (Å²) in [7, 11) is -3.56. The van der Waals surface area contributed by atoms with E-state index in [-0.39, 0.29) is 28.5 Å². The van der Waals surface area contributed by atoms with Gasteiger partial charge in [0.2, 0.25) is 15.9 Å². The third kappa shape index (κ3) is 5.81. The van der Waals surface area contributed by atoms with E-state index >= 15 is 0 Å². The van der Waals surface area contributed by atoms with E-state index in [9.17, 15) is 13.2 Å². The van der Waals surface area contributed by atoms with Crippen molar-refractivity contribution in [2.24, 2.45) is 5.92 Å². The second-order valence-corrected chi connectivity index (χ2v) is 10.3. The highest BCUT2D eigenvalue weighted by atomic mass is 32.2. The van der Waals surface area contributed by atoms with E-state index in [0.29, 0.717) is 31.3 Å². The molecule has 1 N–H and O–H groups in total. The molecule has 3 rings (SSSR count). The number of amides is 1. The van der Waals surface area contributed by atoms with E-state index < -0.39 is 10.0 Å². The molecule has 0 saturated carbocycles. The molecule has 0 spiro atoms. The second-order valence-electron chi connectivity index (χ2n) is 7.34. The van der Waals surface area contributed by atoms with Gasteiger partial charge in [-0.05, 0) is 23.6 Å². The normalized spacial score (nSPS) is 16.4. The van der Waals surface area contributed by atoms with Gasteiger partial charge in [0, 0.05) is 19.3 Å². The Morgan fingerprint density at radius 1 is 1.17 bits per heavy atom. The Kier molecular flexibility index (Phi) is 7.87. The van der Waals surface area contributed by atoms with Gasteiger partial charge in [-0.3, -0.25) is 4.79 Å². The number of carbonyl (C=O) groups excluding carboxylic acids is 1. The standard InChI is InChI=1S/C21H27N3O4S2/c1-16(2)21(17-6-4-3-5-7-17)23-19(25)15-29-20-9-8-18(14-22-20)30(26,27)24-10-12-28-13-11-24/h3-9,14,16,21H,10-13,15H2,1-2H3,(H,23,25). The van der Waals surface area contributed by atoms with E-state index in [1.807, 2.05) is 30.3 Å². The summed E-state index contributed by atoms with van der Waals surface area (Å²) in [6, 6.07) is 13.0. The van der Waals surface area contributed by atoms with Crippen LogP contribution in [0.3, 0.4) is 0 Å². The molecule has 1 saturated heterocycles. The number of nitrogens with one attached hydrogen (secondary N) is 1. The van der Waals surface area contributed by atoms with Gasteiger partial charge in [0.05, 0.1) is 30.0 Å². The first-order valence-electron chi connectivity index (χ1n) is 9.89. The van der Waals surface area contributed by atoms with Crippen molar-refractivity contribution in [1.29, 1.82) is 0 Å². The Balaban J connectivity index is 1.57. The minimum absolute atomic E-state index is 0.0618. The molecular formula is C21H27N3O4S2. The lowest BCUT2D eigenvalue weighted by Gasteiger charge is -2.25. The molecule has 1 aromatic carbocycles. The first kappa shape index (κ1) is 22.7. The third-order valence-electron chi connectivity index (χ3n) is 4.81. The van der Waals surface area contributed by atoms with Crippen LogP contribution in [0.1, 0.15) is 25.5 Å². The summed E-state index contributed by atoms with van der Waals surface area (Å²) < 4.78 is 31.9. The summed E-state index contributed by atoms with van der Waals surface area (Å²) in [5, 5.41) is 3.68. The molecule has 0 bridgehead atoms. The Morgan fingerprint density at radius 3 is 2.47 bits per heavy atom. The number of sulfonamides is 1. The Hall–Kier alpha value is -1.94. The Bertz CT molecular complexity index is 928. The monoisotopic (exact) mass is 449 g/mol. The number of nitrogens with zero attached hydrogens (tertiary/aromatic N) is 2.